The molecule has 0 unspecified atom stereocenters. The molecule has 0 aliphatic rings. The normalized spacial score (nSPS) is 10.9. The van der Waals surface area contributed by atoms with Crippen LogP contribution in [0.4, 0.5) is 0 Å². The third-order valence-corrected chi connectivity index (χ3v) is 6.69. The largest absolute Gasteiger partial charge is 0.489 e. The van der Waals surface area contributed by atoms with E-state index in [-0.39, 0.29) is 5.97 Å². The number of carbonyl (C=O) groups is 1. The summed E-state index contributed by atoms with van der Waals surface area (Å²) in [6.45, 7) is 0.546. The number of methoxy groups -OCH3 is 1. The lowest BCUT2D eigenvalue weighted by atomic mass is 10.0. The van der Waals surface area contributed by atoms with Crippen LogP contribution in [0.5, 0.6) is 5.75 Å². The van der Waals surface area contributed by atoms with E-state index >= 15 is 0 Å². The van der Waals surface area contributed by atoms with Crippen molar-refractivity contribution in [3.63, 3.8) is 0 Å². The molecule has 37 heavy (non-hydrogen) atoms. The Kier molecular flexibility index (Phi) is 7.66. The number of hydrogen-bond acceptors (Lipinski definition) is 3. The van der Waals surface area contributed by atoms with Crippen LogP contribution in [-0.2, 0) is 35.4 Å². The molecular weight excluding hydrogens is 458 g/mol. The Morgan fingerprint density at radius 2 is 1.43 bits per heavy atom. The van der Waals surface area contributed by atoms with Gasteiger partial charge in [0.05, 0.1) is 12.6 Å². The van der Waals surface area contributed by atoms with Gasteiger partial charge in [-0.05, 0) is 77.9 Å². The summed E-state index contributed by atoms with van der Waals surface area (Å²) >= 11 is 0. The van der Waals surface area contributed by atoms with Gasteiger partial charge in [0.15, 0.2) is 0 Å². The van der Waals surface area contributed by atoms with Gasteiger partial charge < -0.3 is 14.0 Å². The molecule has 0 amide bonds. The average molecular weight is 490 g/mol. The lowest BCUT2D eigenvalue weighted by Crippen LogP contribution is -2.01. The Morgan fingerprint density at radius 3 is 2.14 bits per heavy atom. The first-order valence-corrected chi connectivity index (χ1v) is 12.7. The van der Waals surface area contributed by atoms with Crippen molar-refractivity contribution in [3.05, 3.63) is 132 Å². The quantitative estimate of drug-likeness (QED) is 0.196. The highest BCUT2D eigenvalue weighted by atomic mass is 16.5. The first-order valence-electron chi connectivity index (χ1n) is 12.7. The third-order valence-electron chi connectivity index (χ3n) is 6.69. The summed E-state index contributed by atoms with van der Waals surface area (Å²) < 4.78 is 13.1. The fourth-order valence-electron chi connectivity index (χ4n) is 4.63. The summed E-state index contributed by atoms with van der Waals surface area (Å²) in [6, 6.07) is 35.5. The minimum atomic E-state index is -0.184. The highest BCUT2D eigenvalue weighted by Crippen LogP contribution is 2.29. The van der Waals surface area contributed by atoms with Crippen molar-refractivity contribution < 1.29 is 14.3 Å². The zero-order valence-electron chi connectivity index (χ0n) is 21.1. The van der Waals surface area contributed by atoms with Crippen molar-refractivity contribution in [1.82, 2.24) is 4.57 Å². The van der Waals surface area contributed by atoms with Crippen molar-refractivity contribution in [2.45, 2.75) is 32.3 Å². The smallest absolute Gasteiger partial charge is 0.305 e. The Hall–Kier alpha value is -4.31. The topological polar surface area (TPSA) is 40.5 Å². The van der Waals surface area contributed by atoms with E-state index in [2.05, 4.69) is 83.6 Å². The molecule has 0 N–H and O–H groups in total. The fraction of sp³-hybridized carbons (Fsp3) is 0.182. The lowest BCUT2D eigenvalue weighted by molar-refractivity contribution is -0.140. The molecule has 0 saturated heterocycles. The van der Waals surface area contributed by atoms with Crippen molar-refractivity contribution in [3.8, 4) is 11.4 Å². The number of aryl methyl sites for hydroxylation is 3. The van der Waals surface area contributed by atoms with E-state index in [1.165, 1.54) is 23.6 Å². The number of hydrogen-bond donors (Lipinski definition) is 0. The van der Waals surface area contributed by atoms with Crippen molar-refractivity contribution in [1.29, 1.82) is 0 Å². The van der Waals surface area contributed by atoms with Gasteiger partial charge >= 0.3 is 5.97 Å². The second-order valence-corrected chi connectivity index (χ2v) is 9.21. The highest BCUT2D eigenvalue weighted by molar-refractivity contribution is 5.86. The molecule has 0 fully saturated rings. The van der Waals surface area contributed by atoms with E-state index in [1.54, 1.807) is 0 Å². The summed E-state index contributed by atoms with van der Waals surface area (Å²) in [7, 11) is 1.44. The minimum absolute atomic E-state index is 0.184. The summed E-state index contributed by atoms with van der Waals surface area (Å²) in [5, 5.41) is 1.22. The Morgan fingerprint density at radius 1 is 0.730 bits per heavy atom. The molecule has 1 aromatic heterocycles. The molecule has 4 nitrogen and oxygen atoms in total. The van der Waals surface area contributed by atoms with Gasteiger partial charge in [0.2, 0.25) is 0 Å². The summed E-state index contributed by atoms with van der Waals surface area (Å²) in [5.74, 6) is 0.662. The molecule has 186 valence electrons. The van der Waals surface area contributed by atoms with Gasteiger partial charge in [-0.15, -0.1) is 0 Å². The van der Waals surface area contributed by atoms with E-state index in [0.29, 0.717) is 19.4 Å². The van der Waals surface area contributed by atoms with Gasteiger partial charge in [-0.1, -0.05) is 66.7 Å². The van der Waals surface area contributed by atoms with Gasteiger partial charge in [-0.25, -0.2) is 0 Å². The molecule has 0 aliphatic carbocycles. The third kappa shape index (κ3) is 6.10. The second-order valence-electron chi connectivity index (χ2n) is 9.21. The number of ether oxygens (including phenoxy) is 2. The zero-order valence-corrected chi connectivity index (χ0v) is 21.1. The van der Waals surface area contributed by atoms with Gasteiger partial charge in [0.25, 0.3) is 0 Å². The molecule has 0 saturated carbocycles. The number of rotatable bonds is 10. The van der Waals surface area contributed by atoms with E-state index in [1.807, 2.05) is 30.3 Å². The number of aromatic nitrogens is 1. The van der Waals surface area contributed by atoms with Crippen LogP contribution >= 0.6 is 0 Å². The van der Waals surface area contributed by atoms with Gasteiger partial charge in [-0.3, -0.25) is 4.79 Å². The van der Waals surface area contributed by atoms with E-state index in [0.717, 1.165) is 40.9 Å². The molecular formula is C33H31NO3. The predicted molar refractivity (Wildman–Crippen MR) is 148 cm³/mol. The van der Waals surface area contributed by atoms with Crippen LogP contribution in [0.25, 0.3) is 16.6 Å². The van der Waals surface area contributed by atoms with Crippen LogP contribution < -0.4 is 4.74 Å². The average Bonchev–Trinajstić information content (AvgIpc) is 3.33. The van der Waals surface area contributed by atoms with Gasteiger partial charge in [0.1, 0.15) is 12.4 Å². The number of fused-ring (bicyclic) bond motifs is 1. The fourth-order valence-corrected chi connectivity index (χ4v) is 4.63. The number of nitrogens with zero attached hydrogens (tertiary/aromatic N) is 1. The van der Waals surface area contributed by atoms with Crippen LogP contribution in [0.2, 0.25) is 0 Å². The molecule has 5 rings (SSSR count). The summed E-state index contributed by atoms with van der Waals surface area (Å²) in [6.07, 6.45) is 5.20. The number of benzene rings is 4. The Balaban J connectivity index is 1.41. The molecule has 1 heterocycles. The minimum Gasteiger partial charge on any atom is -0.489 e. The number of carbonyl (C=O) groups excluding carboxylic acids is 1. The second kappa shape index (κ2) is 11.6. The molecule has 0 radical (unpaired) electrons. The van der Waals surface area contributed by atoms with Crippen LogP contribution in [0.1, 0.15) is 28.7 Å². The van der Waals surface area contributed by atoms with Crippen molar-refractivity contribution >= 4 is 16.9 Å². The predicted octanol–water partition coefficient (Wildman–Crippen LogP) is 7.10. The molecule has 0 atom stereocenters. The molecule has 0 spiro atoms. The first kappa shape index (κ1) is 24.4. The molecule has 0 bridgehead atoms. The standard InChI is InChI=1S/C33H31NO3/c1-36-33(35)21-14-26-13-20-32-31(22-26)28(15-12-25-8-4-2-5-9-25)23-34(32)29-16-18-30(19-17-29)37-24-27-10-6-3-7-11-27/h2-11,13,16-20,22-23H,12,14-15,21,24H2,1H3. The molecule has 4 heteroatoms. The monoisotopic (exact) mass is 489 g/mol. The van der Waals surface area contributed by atoms with Crippen molar-refractivity contribution in [2.75, 3.05) is 7.11 Å². The maximum absolute atomic E-state index is 11.7. The Labute approximate surface area is 218 Å². The first-order chi connectivity index (χ1) is 18.2. The van der Waals surface area contributed by atoms with Gasteiger partial charge in [-0.2, -0.15) is 0 Å². The van der Waals surface area contributed by atoms with E-state index in [9.17, 15) is 4.79 Å². The van der Waals surface area contributed by atoms with Crippen LogP contribution in [0.15, 0.2) is 109 Å². The maximum Gasteiger partial charge on any atom is 0.305 e. The van der Waals surface area contributed by atoms with Crippen LogP contribution in [-0.4, -0.2) is 17.6 Å². The molecule has 4 aromatic carbocycles. The highest BCUT2D eigenvalue weighted by Gasteiger charge is 2.12. The summed E-state index contributed by atoms with van der Waals surface area (Å²) in [4.78, 5) is 11.7. The van der Waals surface area contributed by atoms with Gasteiger partial charge in [0, 0.05) is 23.7 Å². The summed E-state index contributed by atoms with van der Waals surface area (Å²) in [5.41, 5.74) is 7.15. The maximum atomic E-state index is 11.7. The SMILES string of the molecule is COC(=O)CCc1ccc2c(c1)c(CCc1ccccc1)cn2-c1ccc(OCc2ccccc2)cc1. The van der Waals surface area contributed by atoms with E-state index in [4.69, 9.17) is 9.47 Å². The number of esters is 1. The molecule has 0 aliphatic heterocycles. The van der Waals surface area contributed by atoms with E-state index < -0.39 is 0 Å². The Bertz CT molecular complexity index is 1450. The molecule has 5 aromatic rings. The van der Waals surface area contributed by atoms with Crippen LogP contribution in [0, 0.1) is 0 Å². The van der Waals surface area contributed by atoms with Crippen molar-refractivity contribution in [2.24, 2.45) is 0 Å². The zero-order chi connectivity index (χ0) is 25.5. The lowest BCUT2D eigenvalue weighted by Gasteiger charge is -2.09. The van der Waals surface area contributed by atoms with Crippen LogP contribution in [0.3, 0.4) is 0 Å².